The first kappa shape index (κ1) is 23.0. The fourth-order valence-electron chi connectivity index (χ4n) is 2.84. The Labute approximate surface area is 194 Å². The van der Waals surface area contributed by atoms with Crippen molar-refractivity contribution in [2.24, 2.45) is 0 Å². The zero-order chi connectivity index (χ0) is 24.1. The molecule has 0 bridgehead atoms. The number of thiophene rings is 1. The van der Waals surface area contributed by atoms with Crippen molar-refractivity contribution < 1.29 is 32.2 Å². The summed E-state index contributed by atoms with van der Waals surface area (Å²) in [6.07, 6.45) is 0. The van der Waals surface area contributed by atoms with E-state index in [1.54, 1.807) is 12.1 Å². The Morgan fingerprint density at radius 1 is 1.06 bits per heavy atom. The number of anilines is 1. The number of benzene rings is 2. The molecule has 8 nitrogen and oxygen atoms in total. The highest BCUT2D eigenvalue weighted by atomic mass is 32.1. The Kier molecular flexibility index (Phi) is 6.87. The van der Waals surface area contributed by atoms with Crippen LogP contribution in [0.3, 0.4) is 0 Å². The van der Waals surface area contributed by atoms with Crippen molar-refractivity contribution in [2.45, 2.75) is 6.61 Å². The molecule has 174 valence electrons. The average molecular weight is 488 g/mol. The number of esters is 1. The Balaban J connectivity index is 1.43. The molecule has 1 amide bonds. The van der Waals surface area contributed by atoms with Crippen molar-refractivity contribution in [1.82, 2.24) is 14.8 Å². The van der Waals surface area contributed by atoms with Crippen LogP contribution in [-0.2, 0) is 9.53 Å². The van der Waals surface area contributed by atoms with Crippen molar-refractivity contribution in [2.75, 3.05) is 11.9 Å². The van der Waals surface area contributed by atoms with Crippen molar-refractivity contribution in [1.29, 1.82) is 0 Å². The quantitative estimate of drug-likeness (QED) is 0.366. The summed E-state index contributed by atoms with van der Waals surface area (Å²) in [6, 6.07) is 14.3. The van der Waals surface area contributed by atoms with Crippen molar-refractivity contribution >= 4 is 28.9 Å². The van der Waals surface area contributed by atoms with Gasteiger partial charge in [0.15, 0.2) is 12.4 Å². The minimum Gasteiger partial charge on any atom is -0.450 e. The maximum absolute atomic E-state index is 13.3. The van der Waals surface area contributed by atoms with Gasteiger partial charge in [0, 0.05) is 5.69 Å². The minimum atomic E-state index is -2.96. The van der Waals surface area contributed by atoms with E-state index >= 15 is 0 Å². The highest BCUT2D eigenvalue weighted by Crippen LogP contribution is 2.26. The van der Waals surface area contributed by atoms with E-state index in [9.17, 15) is 22.8 Å². The number of nitrogens with zero attached hydrogens (tertiary/aromatic N) is 3. The van der Waals surface area contributed by atoms with E-state index < -0.39 is 30.9 Å². The third-order valence-corrected chi connectivity index (χ3v) is 5.17. The fourth-order valence-corrected chi connectivity index (χ4v) is 3.54. The molecule has 2 aromatic heterocycles. The summed E-state index contributed by atoms with van der Waals surface area (Å²) in [5, 5.41) is 8.46. The van der Waals surface area contributed by atoms with Gasteiger partial charge in [0.05, 0.1) is 10.6 Å². The molecule has 0 aliphatic heterocycles. The Morgan fingerprint density at radius 3 is 2.44 bits per heavy atom. The number of carbonyl (C=O) groups is 2. The molecule has 0 unspecified atom stereocenters. The number of alkyl halides is 2. The molecule has 34 heavy (non-hydrogen) atoms. The average Bonchev–Trinajstić information content (AvgIpc) is 3.49. The first-order valence-electron chi connectivity index (χ1n) is 9.68. The summed E-state index contributed by atoms with van der Waals surface area (Å²) >= 11 is 1.37. The van der Waals surface area contributed by atoms with Gasteiger partial charge < -0.3 is 14.8 Å². The second-order valence-corrected chi connectivity index (χ2v) is 7.60. The molecule has 0 radical (unpaired) electrons. The van der Waals surface area contributed by atoms with Gasteiger partial charge in [0.2, 0.25) is 0 Å². The van der Waals surface area contributed by atoms with E-state index in [0.717, 1.165) is 0 Å². The van der Waals surface area contributed by atoms with E-state index in [0.29, 0.717) is 22.1 Å². The summed E-state index contributed by atoms with van der Waals surface area (Å²) < 4.78 is 48.3. The molecule has 12 heteroatoms. The first-order chi connectivity index (χ1) is 16.4. The van der Waals surface area contributed by atoms with Crippen LogP contribution in [0.2, 0.25) is 0 Å². The Morgan fingerprint density at radius 2 is 1.79 bits per heavy atom. The summed E-state index contributed by atoms with van der Waals surface area (Å²) in [5.74, 6) is -2.02. The lowest BCUT2D eigenvalue weighted by Crippen LogP contribution is -2.21. The molecule has 0 saturated carbocycles. The zero-order valence-electron chi connectivity index (χ0n) is 17.2. The maximum atomic E-state index is 13.3. The topological polar surface area (TPSA) is 95.3 Å². The molecule has 0 saturated heterocycles. The first-order valence-corrected chi connectivity index (χ1v) is 10.6. The van der Waals surface area contributed by atoms with Gasteiger partial charge in [0.25, 0.3) is 11.7 Å². The number of amides is 1. The normalized spacial score (nSPS) is 10.8. The third-order valence-electron chi connectivity index (χ3n) is 4.30. The molecular weight excluding hydrogens is 473 g/mol. The number of nitrogens with one attached hydrogen (secondary N) is 1. The second kappa shape index (κ2) is 10.2. The van der Waals surface area contributed by atoms with Crippen LogP contribution in [0, 0.1) is 5.82 Å². The number of halogens is 3. The minimum absolute atomic E-state index is 0.0659. The molecule has 2 heterocycles. The van der Waals surface area contributed by atoms with Crippen LogP contribution in [-0.4, -0.2) is 39.9 Å². The zero-order valence-corrected chi connectivity index (χ0v) is 18.0. The molecule has 4 rings (SSSR count). The van der Waals surface area contributed by atoms with Gasteiger partial charge in [-0.2, -0.15) is 13.8 Å². The summed E-state index contributed by atoms with van der Waals surface area (Å²) in [5.41, 5.74) is 0.773. The van der Waals surface area contributed by atoms with Crippen molar-refractivity contribution in [3.63, 3.8) is 0 Å². The highest BCUT2D eigenvalue weighted by Gasteiger charge is 2.21. The lowest BCUT2D eigenvalue weighted by Gasteiger charge is -2.07. The van der Waals surface area contributed by atoms with E-state index in [4.69, 9.17) is 4.74 Å². The fraction of sp³-hybridized carbons (Fsp3) is 0.0909. The summed E-state index contributed by atoms with van der Waals surface area (Å²) in [6.45, 7) is -3.59. The smallest absolute Gasteiger partial charge is 0.387 e. The molecule has 0 fully saturated rings. The lowest BCUT2D eigenvalue weighted by molar-refractivity contribution is -0.119. The van der Waals surface area contributed by atoms with Gasteiger partial charge in [-0.05, 0) is 60.0 Å². The number of aromatic nitrogens is 3. The lowest BCUT2D eigenvalue weighted by atomic mass is 10.3. The number of carbonyl (C=O) groups excluding carboxylic acids is 2. The van der Waals surface area contributed by atoms with Crippen LogP contribution >= 0.6 is 11.3 Å². The maximum Gasteiger partial charge on any atom is 0.387 e. The molecule has 2 aromatic carbocycles. The molecule has 0 aliphatic rings. The summed E-state index contributed by atoms with van der Waals surface area (Å²) in [7, 11) is 0. The van der Waals surface area contributed by atoms with Gasteiger partial charge >= 0.3 is 12.6 Å². The molecule has 1 N–H and O–H groups in total. The van der Waals surface area contributed by atoms with Gasteiger partial charge in [-0.3, -0.25) is 4.79 Å². The van der Waals surface area contributed by atoms with Gasteiger partial charge in [-0.15, -0.1) is 16.4 Å². The Bertz CT molecular complexity index is 1280. The van der Waals surface area contributed by atoms with Gasteiger partial charge in [-0.1, -0.05) is 6.07 Å². The predicted molar refractivity (Wildman–Crippen MR) is 117 cm³/mol. The Hall–Kier alpha value is -4.19. The van der Waals surface area contributed by atoms with Crippen LogP contribution in [0.5, 0.6) is 5.75 Å². The molecular formula is C22H15F3N4O4S. The van der Waals surface area contributed by atoms with Crippen LogP contribution in [0.25, 0.3) is 16.4 Å². The van der Waals surface area contributed by atoms with Gasteiger partial charge in [0.1, 0.15) is 11.6 Å². The van der Waals surface area contributed by atoms with Gasteiger partial charge in [-0.25, -0.2) is 13.9 Å². The number of hydrogen-bond donors (Lipinski definition) is 1. The van der Waals surface area contributed by atoms with E-state index in [1.165, 1.54) is 64.5 Å². The van der Waals surface area contributed by atoms with Crippen molar-refractivity contribution in [3.05, 3.63) is 77.7 Å². The predicted octanol–water partition coefficient (Wildman–Crippen LogP) is 4.53. The largest absolute Gasteiger partial charge is 0.450 e. The SMILES string of the molecule is O=C(COC(=O)c1nc(-c2cccs2)n(-c2ccc(F)cc2)n1)Nc1ccc(OC(F)F)cc1. The van der Waals surface area contributed by atoms with E-state index in [-0.39, 0.29) is 11.6 Å². The van der Waals surface area contributed by atoms with Crippen LogP contribution in [0.1, 0.15) is 10.6 Å². The number of hydrogen-bond acceptors (Lipinski definition) is 7. The molecule has 0 aliphatic carbocycles. The second-order valence-electron chi connectivity index (χ2n) is 6.65. The molecule has 0 spiro atoms. The van der Waals surface area contributed by atoms with Crippen LogP contribution in [0.4, 0.5) is 18.9 Å². The third kappa shape index (κ3) is 5.59. The number of ether oxygens (including phenoxy) is 2. The number of rotatable bonds is 8. The van der Waals surface area contributed by atoms with E-state index in [1.807, 2.05) is 5.38 Å². The van der Waals surface area contributed by atoms with Crippen LogP contribution in [0.15, 0.2) is 66.0 Å². The molecule has 0 atom stereocenters. The van der Waals surface area contributed by atoms with Crippen LogP contribution < -0.4 is 10.1 Å². The van der Waals surface area contributed by atoms with E-state index in [2.05, 4.69) is 20.1 Å². The van der Waals surface area contributed by atoms with Crippen molar-refractivity contribution in [3.8, 4) is 22.1 Å². The summed E-state index contributed by atoms with van der Waals surface area (Å²) in [4.78, 5) is 29.5. The standard InChI is InChI=1S/C22H15F3N4O4S/c23-13-3-7-15(8-4-13)29-20(17-2-1-11-34-17)27-19(28-29)21(31)32-12-18(30)26-14-5-9-16(10-6-14)33-22(24)25/h1-11,22H,12H2,(H,26,30). The monoisotopic (exact) mass is 488 g/mol. The highest BCUT2D eigenvalue weighted by molar-refractivity contribution is 7.13. The molecule has 4 aromatic rings.